The molecule has 0 saturated heterocycles. The monoisotopic (exact) mass is 467 g/mol. The third kappa shape index (κ3) is 5.29. The van der Waals surface area contributed by atoms with Crippen molar-refractivity contribution >= 4 is 17.7 Å². The van der Waals surface area contributed by atoms with E-state index in [2.05, 4.69) is 5.32 Å². The van der Waals surface area contributed by atoms with Gasteiger partial charge in [0.2, 0.25) is 5.91 Å². The first-order chi connectivity index (χ1) is 16.2. The van der Waals surface area contributed by atoms with E-state index in [0.29, 0.717) is 23.0 Å². The van der Waals surface area contributed by atoms with Gasteiger partial charge in [-0.05, 0) is 73.2 Å². The van der Waals surface area contributed by atoms with Crippen molar-refractivity contribution in [2.24, 2.45) is 0 Å². The first-order valence-electron chi connectivity index (χ1n) is 10.3. The highest BCUT2D eigenvalue weighted by atomic mass is 19.4. The lowest BCUT2D eigenvalue weighted by molar-refractivity contribution is -0.137. The number of anilines is 1. The van der Waals surface area contributed by atoms with E-state index in [1.807, 2.05) is 13.0 Å². The van der Waals surface area contributed by atoms with Crippen molar-refractivity contribution in [2.75, 3.05) is 5.32 Å². The Morgan fingerprint density at radius 3 is 2.50 bits per heavy atom. The smallest absolute Gasteiger partial charge is 0.416 e. The Bertz CT molecular complexity index is 1350. The van der Waals surface area contributed by atoms with E-state index in [4.69, 9.17) is 13.9 Å². The Labute approximate surface area is 193 Å². The number of hydrogen-bond acceptors (Lipinski definition) is 4. The zero-order chi connectivity index (χ0) is 24.3. The number of benzene rings is 2. The van der Waals surface area contributed by atoms with Crippen LogP contribution in [0.3, 0.4) is 0 Å². The molecule has 0 fully saturated rings. The maximum absolute atomic E-state index is 12.9. The van der Waals surface area contributed by atoms with Crippen LogP contribution in [0.25, 0.3) is 28.7 Å². The molecule has 0 aliphatic carbocycles. The average Bonchev–Trinajstić information content (AvgIpc) is 3.47. The molecule has 0 aliphatic rings. The molecule has 34 heavy (non-hydrogen) atoms. The van der Waals surface area contributed by atoms with Gasteiger partial charge in [0.05, 0.1) is 5.56 Å². The van der Waals surface area contributed by atoms with E-state index >= 15 is 0 Å². The summed E-state index contributed by atoms with van der Waals surface area (Å²) >= 11 is 0. The van der Waals surface area contributed by atoms with Crippen LogP contribution in [0.2, 0.25) is 0 Å². The van der Waals surface area contributed by atoms with Crippen molar-refractivity contribution < 1.29 is 31.9 Å². The number of rotatable bonds is 6. The Kier molecular flexibility index (Phi) is 6.43. The van der Waals surface area contributed by atoms with Gasteiger partial charge >= 0.3 is 6.18 Å². The third-order valence-corrected chi connectivity index (χ3v) is 5.08. The van der Waals surface area contributed by atoms with Crippen LogP contribution in [0.5, 0.6) is 0 Å². The number of aliphatic hydroxyl groups is 1. The van der Waals surface area contributed by atoms with Gasteiger partial charge in [-0.2, -0.15) is 13.2 Å². The Morgan fingerprint density at radius 1 is 1.00 bits per heavy atom. The maximum Gasteiger partial charge on any atom is 0.416 e. The lowest BCUT2D eigenvalue weighted by atomic mass is 10.1. The maximum atomic E-state index is 12.9. The van der Waals surface area contributed by atoms with E-state index < -0.39 is 17.6 Å². The van der Waals surface area contributed by atoms with Gasteiger partial charge in [0.15, 0.2) is 0 Å². The minimum absolute atomic E-state index is 0.184. The van der Waals surface area contributed by atoms with E-state index in [1.165, 1.54) is 24.3 Å². The minimum atomic E-state index is -4.44. The van der Waals surface area contributed by atoms with Crippen LogP contribution in [-0.2, 0) is 17.6 Å². The molecule has 2 N–H and O–H groups in total. The molecule has 2 heterocycles. The molecule has 0 unspecified atom stereocenters. The van der Waals surface area contributed by atoms with Gasteiger partial charge in [-0.25, -0.2) is 0 Å². The summed E-state index contributed by atoms with van der Waals surface area (Å²) in [6.45, 7) is 1.69. The highest BCUT2D eigenvalue weighted by Crippen LogP contribution is 2.33. The van der Waals surface area contributed by atoms with Crippen molar-refractivity contribution in [1.29, 1.82) is 0 Å². The number of carbonyl (C=O) groups excluding carboxylic acids is 1. The third-order valence-electron chi connectivity index (χ3n) is 5.08. The predicted octanol–water partition coefficient (Wildman–Crippen LogP) is 6.68. The lowest BCUT2D eigenvalue weighted by Gasteiger charge is -2.07. The summed E-state index contributed by atoms with van der Waals surface area (Å²) < 4.78 is 49.9. The van der Waals surface area contributed by atoms with Crippen molar-refractivity contribution in [2.45, 2.75) is 19.7 Å². The van der Waals surface area contributed by atoms with Gasteiger partial charge in [0.1, 0.15) is 29.6 Å². The molecule has 1 amide bonds. The number of aliphatic hydroxyl groups excluding tert-OH is 1. The first kappa shape index (κ1) is 23.1. The SMILES string of the molecule is Cc1cc(NC(=O)/C=C/c2ccc(-c3cccc(C(F)(F)F)c3)o2)ccc1-c1ccc(CO)o1. The molecule has 0 radical (unpaired) electrons. The zero-order valence-corrected chi connectivity index (χ0v) is 18.0. The molecular weight excluding hydrogens is 447 g/mol. The summed E-state index contributed by atoms with van der Waals surface area (Å²) in [6.07, 6.45) is -1.73. The van der Waals surface area contributed by atoms with E-state index in [9.17, 15) is 18.0 Å². The zero-order valence-electron chi connectivity index (χ0n) is 18.0. The van der Waals surface area contributed by atoms with Gasteiger partial charge in [-0.3, -0.25) is 4.79 Å². The van der Waals surface area contributed by atoms with Crippen molar-refractivity contribution in [1.82, 2.24) is 0 Å². The van der Waals surface area contributed by atoms with Gasteiger partial charge in [-0.15, -0.1) is 0 Å². The van der Waals surface area contributed by atoms with E-state index in [-0.39, 0.29) is 17.9 Å². The summed E-state index contributed by atoms with van der Waals surface area (Å²) in [5, 5.41) is 11.9. The van der Waals surface area contributed by atoms with Crippen LogP contribution < -0.4 is 5.32 Å². The number of halogens is 3. The molecule has 2 aromatic carbocycles. The molecule has 0 spiro atoms. The van der Waals surface area contributed by atoms with Crippen LogP contribution >= 0.6 is 0 Å². The molecule has 0 bridgehead atoms. The van der Waals surface area contributed by atoms with Crippen molar-refractivity contribution in [3.8, 4) is 22.6 Å². The number of amides is 1. The summed E-state index contributed by atoms with van der Waals surface area (Å²) in [5.74, 6) is 1.27. The van der Waals surface area contributed by atoms with Gasteiger partial charge in [0, 0.05) is 22.9 Å². The Balaban J connectivity index is 1.42. The second-order valence-corrected chi connectivity index (χ2v) is 7.56. The van der Waals surface area contributed by atoms with Crippen LogP contribution in [0.15, 0.2) is 81.6 Å². The molecular formula is C26H20F3NO4. The molecule has 8 heteroatoms. The Morgan fingerprint density at radius 2 is 1.79 bits per heavy atom. The van der Waals surface area contributed by atoms with Gasteiger partial charge in [-0.1, -0.05) is 12.1 Å². The standard InChI is InChI=1S/C26H20F3NO4/c1-16-13-19(5-9-22(16)24-11-7-21(15-31)34-24)30-25(32)12-8-20-6-10-23(33-20)17-3-2-4-18(14-17)26(27,28)29/h2-14,31H,15H2,1H3,(H,30,32)/b12-8+. The predicted molar refractivity (Wildman–Crippen MR) is 122 cm³/mol. The fourth-order valence-corrected chi connectivity index (χ4v) is 3.41. The summed E-state index contributed by atoms with van der Waals surface area (Å²) in [4.78, 5) is 12.3. The second kappa shape index (κ2) is 9.44. The molecule has 4 aromatic rings. The molecule has 5 nitrogen and oxygen atoms in total. The van der Waals surface area contributed by atoms with Crippen LogP contribution in [-0.4, -0.2) is 11.0 Å². The molecule has 4 rings (SSSR count). The highest BCUT2D eigenvalue weighted by Gasteiger charge is 2.30. The number of carbonyl (C=O) groups is 1. The number of aryl methyl sites for hydroxylation is 1. The van der Waals surface area contributed by atoms with E-state index in [1.54, 1.807) is 36.4 Å². The summed E-state index contributed by atoms with van der Waals surface area (Å²) in [6, 6.07) is 16.8. The van der Waals surface area contributed by atoms with Crippen LogP contribution in [0.1, 0.15) is 22.6 Å². The van der Waals surface area contributed by atoms with Gasteiger partial charge in [0.25, 0.3) is 0 Å². The van der Waals surface area contributed by atoms with Crippen molar-refractivity contribution in [3.63, 3.8) is 0 Å². The normalized spacial score (nSPS) is 11.8. The summed E-state index contributed by atoms with van der Waals surface area (Å²) in [7, 11) is 0. The fraction of sp³-hybridized carbons (Fsp3) is 0.115. The highest BCUT2D eigenvalue weighted by molar-refractivity contribution is 6.02. The fourth-order valence-electron chi connectivity index (χ4n) is 3.41. The topological polar surface area (TPSA) is 75.6 Å². The molecule has 0 atom stereocenters. The van der Waals surface area contributed by atoms with Crippen LogP contribution in [0.4, 0.5) is 18.9 Å². The molecule has 0 aliphatic heterocycles. The minimum Gasteiger partial charge on any atom is -0.459 e. The van der Waals surface area contributed by atoms with Crippen LogP contribution in [0, 0.1) is 6.92 Å². The number of hydrogen-bond donors (Lipinski definition) is 2. The molecule has 174 valence electrons. The largest absolute Gasteiger partial charge is 0.459 e. The molecule has 0 saturated carbocycles. The molecule has 2 aromatic heterocycles. The average molecular weight is 467 g/mol. The lowest BCUT2D eigenvalue weighted by Crippen LogP contribution is -2.07. The number of nitrogens with one attached hydrogen (secondary N) is 1. The van der Waals surface area contributed by atoms with Crippen molar-refractivity contribution in [3.05, 3.63) is 95.5 Å². The summed E-state index contributed by atoms with van der Waals surface area (Å²) in [5.41, 5.74) is 1.81. The Hall–Kier alpha value is -4.04. The number of furan rings is 2. The first-order valence-corrected chi connectivity index (χ1v) is 10.3. The second-order valence-electron chi connectivity index (χ2n) is 7.56. The quantitative estimate of drug-likeness (QED) is 0.310. The van der Waals surface area contributed by atoms with Gasteiger partial charge < -0.3 is 19.3 Å². The van der Waals surface area contributed by atoms with E-state index in [0.717, 1.165) is 23.3 Å². The number of alkyl halides is 3.